The molecular formula is C17H20N3O2+. The van der Waals surface area contributed by atoms with Crippen LogP contribution in [0.5, 0.6) is 0 Å². The Labute approximate surface area is 129 Å². The van der Waals surface area contributed by atoms with Crippen LogP contribution in [0, 0.1) is 0 Å². The van der Waals surface area contributed by atoms with Crippen molar-refractivity contribution in [3.63, 3.8) is 0 Å². The molecule has 5 heteroatoms. The van der Waals surface area contributed by atoms with Crippen molar-refractivity contribution in [2.24, 2.45) is 5.73 Å². The van der Waals surface area contributed by atoms with E-state index in [0.29, 0.717) is 0 Å². The second-order valence-electron chi connectivity index (χ2n) is 5.13. The quantitative estimate of drug-likeness (QED) is 0.775. The van der Waals surface area contributed by atoms with Gasteiger partial charge in [-0.1, -0.05) is 60.7 Å². The van der Waals surface area contributed by atoms with Gasteiger partial charge < -0.3 is 11.1 Å². The fourth-order valence-corrected chi connectivity index (χ4v) is 2.37. The Balaban J connectivity index is 2.21. The number of quaternary nitrogens is 1. The highest BCUT2D eigenvalue weighted by Gasteiger charge is 2.27. The van der Waals surface area contributed by atoms with Crippen LogP contribution >= 0.6 is 0 Å². The van der Waals surface area contributed by atoms with Crippen molar-refractivity contribution in [2.45, 2.75) is 19.0 Å². The van der Waals surface area contributed by atoms with Gasteiger partial charge in [0.1, 0.15) is 6.04 Å². The van der Waals surface area contributed by atoms with Crippen LogP contribution in [0.25, 0.3) is 0 Å². The molecule has 2 rings (SSSR count). The summed E-state index contributed by atoms with van der Waals surface area (Å²) in [5.41, 5.74) is 7.00. The molecule has 0 spiro atoms. The maximum absolute atomic E-state index is 12.3. The van der Waals surface area contributed by atoms with Gasteiger partial charge in [-0.3, -0.25) is 10.1 Å². The highest BCUT2D eigenvalue weighted by Crippen LogP contribution is 2.13. The number of nitrogens with two attached hydrogens (primary N) is 2. The Morgan fingerprint density at radius 3 is 1.95 bits per heavy atom. The molecule has 22 heavy (non-hydrogen) atoms. The molecule has 0 aliphatic heterocycles. The summed E-state index contributed by atoms with van der Waals surface area (Å²) in [7, 11) is 0. The Morgan fingerprint density at radius 1 is 0.955 bits per heavy atom. The van der Waals surface area contributed by atoms with Gasteiger partial charge in [0.2, 0.25) is 0 Å². The second-order valence-corrected chi connectivity index (χ2v) is 5.13. The van der Waals surface area contributed by atoms with Crippen molar-refractivity contribution in [3.05, 3.63) is 71.8 Å². The molecule has 0 unspecified atom stereocenters. The zero-order chi connectivity index (χ0) is 15.9. The number of urea groups is 1. The molecule has 0 heterocycles. The minimum atomic E-state index is -0.841. The van der Waals surface area contributed by atoms with Crippen LogP contribution in [0.4, 0.5) is 4.79 Å². The Bertz CT molecular complexity index is 629. The molecule has 0 aromatic heterocycles. The SMILES string of the molecule is C[C@H]([NH2+][C@@H](C(=O)NC(N)=O)c1ccccc1)c1ccccc1. The van der Waals surface area contributed by atoms with Gasteiger partial charge in [0.25, 0.3) is 5.91 Å². The van der Waals surface area contributed by atoms with E-state index in [4.69, 9.17) is 5.73 Å². The minimum absolute atomic E-state index is 0.0602. The number of benzene rings is 2. The zero-order valence-electron chi connectivity index (χ0n) is 12.4. The van der Waals surface area contributed by atoms with E-state index in [-0.39, 0.29) is 6.04 Å². The second kappa shape index (κ2) is 7.38. The topological polar surface area (TPSA) is 88.8 Å². The lowest BCUT2D eigenvalue weighted by Gasteiger charge is -2.19. The summed E-state index contributed by atoms with van der Waals surface area (Å²) in [6.45, 7) is 2.02. The molecule has 2 atom stereocenters. The maximum Gasteiger partial charge on any atom is 0.319 e. The molecule has 3 amide bonds. The van der Waals surface area contributed by atoms with Crippen LogP contribution in [-0.4, -0.2) is 11.9 Å². The molecule has 2 aromatic carbocycles. The third kappa shape index (κ3) is 4.17. The number of nitrogens with one attached hydrogen (secondary N) is 1. The Kier molecular flexibility index (Phi) is 5.27. The monoisotopic (exact) mass is 298 g/mol. The summed E-state index contributed by atoms with van der Waals surface area (Å²) in [4.78, 5) is 23.3. The smallest absolute Gasteiger partial charge is 0.319 e. The zero-order valence-corrected chi connectivity index (χ0v) is 12.4. The van der Waals surface area contributed by atoms with Crippen molar-refractivity contribution in [3.8, 4) is 0 Å². The fraction of sp³-hybridized carbons (Fsp3) is 0.176. The van der Waals surface area contributed by atoms with Gasteiger partial charge in [0, 0.05) is 11.1 Å². The maximum atomic E-state index is 12.3. The van der Waals surface area contributed by atoms with Gasteiger partial charge in [-0.15, -0.1) is 0 Å². The number of hydrogen-bond donors (Lipinski definition) is 3. The molecular weight excluding hydrogens is 278 g/mol. The number of hydrogen-bond acceptors (Lipinski definition) is 2. The van der Waals surface area contributed by atoms with Gasteiger partial charge in [-0.25, -0.2) is 4.79 Å². The predicted octanol–water partition coefficient (Wildman–Crippen LogP) is 1.25. The van der Waals surface area contributed by atoms with Crippen LogP contribution in [0.2, 0.25) is 0 Å². The van der Waals surface area contributed by atoms with Crippen molar-refractivity contribution in [2.75, 3.05) is 0 Å². The first kappa shape index (κ1) is 15.7. The van der Waals surface area contributed by atoms with Crippen molar-refractivity contribution in [1.82, 2.24) is 5.32 Å². The van der Waals surface area contributed by atoms with Gasteiger partial charge in [0.15, 0.2) is 6.04 Å². The van der Waals surface area contributed by atoms with E-state index in [9.17, 15) is 9.59 Å². The van der Waals surface area contributed by atoms with E-state index >= 15 is 0 Å². The molecule has 0 radical (unpaired) electrons. The Hall–Kier alpha value is -2.66. The summed E-state index contributed by atoms with van der Waals surface area (Å²) in [5, 5.41) is 4.09. The van der Waals surface area contributed by atoms with E-state index < -0.39 is 18.0 Å². The third-order valence-corrected chi connectivity index (χ3v) is 3.49. The van der Waals surface area contributed by atoms with Gasteiger partial charge in [0.05, 0.1) is 0 Å². The van der Waals surface area contributed by atoms with Crippen LogP contribution in [0.15, 0.2) is 60.7 Å². The Morgan fingerprint density at radius 2 is 1.45 bits per heavy atom. The average Bonchev–Trinajstić information content (AvgIpc) is 2.53. The van der Waals surface area contributed by atoms with Crippen LogP contribution in [-0.2, 0) is 4.79 Å². The lowest BCUT2D eigenvalue weighted by atomic mass is 10.0. The third-order valence-electron chi connectivity index (χ3n) is 3.49. The summed E-state index contributed by atoms with van der Waals surface area (Å²) in [6.07, 6.45) is 0. The highest BCUT2D eigenvalue weighted by atomic mass is 16.2. The lowest BCUT2D eigenvalue weighted by molar-refractivity contribution is -0.719. The largest absolute Gasteiger partial charge is 0.351 e. The summed E-state index contributed by atoms with van der Waals surface area (Å²) in [5.74, 6) is -0.415. The molecule has 114 valence electrons. The molecule has 0 aliphatic rings. The number of carbonyl (C=O) groups is 2. The number of rotatable bonds is 5. The number of imide groups is 1. The lowest BCUT2D eigenvalue weighted by Crippen LogP contribution is -2.88. The van der Waals surface area contributed by atoms with Crippen molar-refractivity contribution < 1.29 is 14.9 Å². The highest BCUT2D eigenvalue weighted by molar-refractivity contribution is 5.96. The molecule has 0 aliphatic carbocycles. The van der Waals surface area contributed by atoms with Gasteiger partial charge in [-0.2, -0.15) is 0 Å². The standard InChI is InChI=1S/C17H19N3O2/c1-12(13-8-4-2-5-9-13)19-15(16(21)20-17(18)22)14-10-6-3-7-11-14/h2-12,15,19H,1H3,(H3,18,20,21,22)/p+1/t12-,15+/m0/s1. The van der Waals surface area contributed by atoms with Crippen LogP contribution in [0.1, 0.15) is 30.1 Å². The number of carbonyl (C=O) groups excluding carboxylic acids is 2. The normalized spacial score (nSPS) is 13.1. The molecule has 0 fully saturated rings. The molecule has 5 nitrogen and oxygen atoms in total. The van der Waals surface area contributed by atoms with Crippen molar-refractivity contribution >= 4 is 11.9 Å². The fourth-order valence-electron chi connectivity index (χ4n) is 2.37. The van der Waals surface area contributed by atoms with Gasteiger partial charge in [-0.05, 0) is 6.92 Å². The van der Waals surface area contributed by atoms with E-state index in [2.05, 4.69) is 5.32 Å². The number of amides is 3. The number of primary amides is 1. The van der Waals surface area contributed by atoms with E-state index in [1.165, 1.54) is 0 Å². The van der Waals surface area contributed by atoms with Crippen molar-refractivity contribution in [1.29, 1.82) is 0 Å². The molecule has 2 aromatic rings. The van der Waals surface area contributed by atoms with Gasteiger partial charge >= 0.3 is 6.03 Å². The summed E-state index contributed by atoms with van der Waals surface area (Å²) < 4.78 is 0. The molecule has 0 saturated heterocycles. The first-order valence-electron chi connectivity index (χ1n) is 7.13. The summed E-state index contributed by atoms with van der Waals surface area (Å²) >= 11 is 0. The minimum Gasteiger partial charge on any atom is -0.351 e. The molecule has 0 saturated carbocycles. The van der Waals surface area contributed by atoms with Crippen LogP contribution < -0.4 is 16.4 Å². The predicted molar refractivity (Wildman–Crippen MR) is 83.7 cm³/mol. The van der Waals surface area contributed by atoms with E-state index in [0.717, 1.165) is 11.1 Å². The summed E-state index contributed by atoms with van der Waals surface area (Å²) in [6, 6.07) is 17.9. The molecule has 0 bridgehead atoms. The first-order valence-corrected chi connectivity index (χ1v) is 7.13. The van der Waals surface area contributed by atoms with E-state index in [1.807, 2.05) is 72.9 Å². The molecule has 5 N–H and O–H groups in total. The first-order chi connectivity index (χ1) is 10.6. The average molecular weight is 298 g/mol. The van der Waals surface area contributed by atoms with E-state index in [1.54, 1.807) is 0 Å². The van der Waals surface area contributed by atoms with Crippen LogP contribution in [0.3, 0.4) is 0 Å².